The van der Waals surface area contributed by atoms with Crippen LogP contribution in [0.3, 0.4) is 0 Å². The van der Waals surface area contributed by atoms with Gasteiger partial charge in [-0.1, -0.05) is 43.4 Å². The summed E-state index contributed by atoms with van der Waals surface area (Å²) in [5.41, 5.74) is 1.11. The zero-order valence-corrected chi connectivity index (χ0v) is 15.2. The van der Waals surface area contributed by atoms with Crippen molar-refractivity contribution in [3.63, 3.8) is 0 Å². The topological polar surface area (TPSA) is 26.3 Å². The first-order chi connectivity index (χ1) is 9.41. The van der Waals surface area contributed by atoms with Gasteiger partial charge in [0, 0.05) is 6.92 Å². The number of carbonyl (C=O) groups excluding carboxylic acids is 1. The van der Waals surface area contributed by atoms with Crippen LogP contribution in [-0.4, -0.2) is 14.0 Å². The van der Waals surface area contributed by atoms with Gasteiger partial charge in [0.15, 0.2) is 0 Å². The van der Waals surface area contributed by atoms with Crippen molar-refractivity contribution in [3.05, 3.63) is 45.7 Å². The molecule has 2 aromatic rings. The van der Waals surface area contributed by atoms with Crippen LogP contribution in [0.5, 0.6) is 0 Å². The fourth-order valence-electron chi connectivity index (χ4n) is 2.22. The first kappa shape index (κ1) is 15.5. The molecule has 0 fully saturated rings. The molecule has 1 aromatic carbocycles. The molecule has 0 saturated carbocycles. The highest BCUT2D eigenvalue weighted by atomic mass is 79.9. The Labute approximate surface area is 132 Å². The lowest BCUT2D eigenvalue weighted by Gasteiger charge is -2.24. The number of halogens is 1. The Balaban J connectivity index is 2.38. The second kappa shape index (κ2) is 6.24. The highest BCUT2D eigenvalue weighted by Crippen LogP contribution is 2.19. The summed E-state index contributed by atoms with van der Waals surface area (Å²) in [7, 11) is -1.75. The minimum Gasteiger partial charge on any atom is -0.461 e. The summed E-state index contributed by atoms with van der Waals surface area (Å²) in [5.74, 6) is -0.238. The molecule has 106 valence electrons. The summed E-state index contributed by atoms with van der Waals surface area (Å²) in [5, 5.41) is 1.33. The average Bonchev–Trinajstić information content (AvgIpc) is 2.84. The maximum absolute atomic E-state index is 11.0. The van der Waals surface area contributed by atoms with Gasteiger partial charge in [-0.2, -0.15) is 0 Å². The lowest BCUT2D eigenvalue weighted by molar-refractivity contribution is -0.142. The van der Waals surface area contributed by atoms with Gasteiger partial charge >= 0.3 is 5.97 Å². The van der Waals surface area contributed by atoms with Gasteiger partial charge in [-0.05, 0) is 37.2 Å². The maximum atomic E-state index is 11.0. The van der Waals surface area contributed by atoms with Crippen molar-refractivity contribution >= 4 is 51.0 Å². The number of carbonyl (C=O) groups is 1. The Kier molecular flexibility index (Phi) is 4.83. The molecule has 0 amide bonds. The summed E-state index contributed by atoms with van der Waals surface area (Å²) in [6.07, 6.45) is 0. The minimum atomic E-state index is -1.75. The molecule has 0 aliphatic heterocycles. The molecular formula is C15H17BrO2SSi. The number of rotatable bonds is 4. The number of hydrogen-bond acceptors (Lipinski definition) is 3. The van der Waals surface area contributed by atoms with Gasteiger partial charge in [-0.15, -0.1) is 11.3 Å². The summed E-state index contributed by atoms with van der Waals surface area (Å²) in [6, 6.07) is 12.6. The van der Waals surface area contributed by atoms with Gasteiger partial charge in [0.25, 0.3) is 0 Å². The van der Waals surface area contributed by atoms with E-state index in [9.17, 15) is 4.79 Å². The largest absolute Gasteiger partial charge is 0.461 e. The van der Waals surface area contributed by atoms with Crippen molar-refractivity contribution < 1.29 is 9.53 Å². The second-order valence-corrected chi connectivity index (χ2v) is 12.3. The molecule has 2 nitrogen and oxygen atoms in total. The van der Waals surface area contributed by atoms with Gasteiger partial charge in [0.2, 0.25) is 0 Å². The van der Waals surface area contributed by atoms with Crippen LogP contribution in [0.25, 0.3) is 0 Å². The van der Waals surface area contributed by atoms with E-state index in [2.05, 4.69) is 59.4 Å². The van der Waals surface area contributed by atoms with Gasteiger partial charge in [-0.25, -0.2) is 0 Å². The number of hydrogen-bond donors (Lipinski definition) is 0. The molecule has 0 atom stereocenters. The van der Waals surface area contributed by atoms with E-state index in [4.69, 9.17) is 4.74 Å². The number of ether oxygens (including phenoxy) is 1. The smallest absolute Gasteiger partial charge is 0.302 e. The Morgan fingerprint density at radius 1 is 1.25 bits per heavy atom. The van der Waals surface area contributed by atoms with Crippen LogP contribution in [0.1, 0.15) is 12.5 Å². The van der Waals surface area contributed by atoms with E-state index >= 15 is 0 Å². The highest BCUT2D eigenvalue weighted by Gasteiger charge is 2.30. The molecule has 2 rings (SSSR count). The molecule has 5 heteroatoms. The summed E-state index contributed by atoms with van der Waals surface area (Å²) >= 11 is 5.33. The van der Waals surface area contributed by atoms with Gasteiger partial charge in [0.1, 0.15) is 14.7 Å². The molecule has 0 aliphatic rings. The summed E-state index contributed by atoms with van der Waals surface area (Å²) in [6.45, 7) is 6.46. The Bertz CT molecular complexity index is 622. The van der Waals surface area contributed by atoms with Crippen molar-refractivity contribution in [1.29, 1.82) is 0 Å². The van der Waals surface area contributed by atoms with E-state index in [0.29, 0.717) is 6.61 Å². The van der Waals surface area contributed by atoms with Crippen LogP contribution in [-0.2, 0) is 16.1 Å². The van der Waals surface area contributed by atoms with E-state index in [1.807, 2.05) is 6.07 Å². The van der Waals surface area contributed by atoms with Crippen LogP contribution in [0, 0.1) is 0 Å². The fourth-order valence-corrected chi connectivity index (χ4v) is 7.72. The van der Waals surface area contributed by atoms with E-state index < -0.39 is 8.07 Å². The third-order valence-electron chi connectivity index (χ3n) is 3.31. The van der Waals surface area contributed by atoms with Gasteiger partial charge < -0.3 is 4.74 Å². The van der Waals surface area contributed by atoms with E-state index in [1.165, 1.54) is 16.6 Å². The normalized spacial score (nSPS) is 11.4. The SMILES string of the molecule is CC(=O)OCc1ccccc1[Si](C)(C)c1ccc(Br)s1. The third-order valence-corrected chi connectivity index (χ3v) is 9.82. The van der Waals surface area contributed by atoms with Crippen molar-refractivity contribution in [2.75, 3.05) is 0 Å². The highest BCUT2D eigenvalue weighted by molar-refractivity contribution is 9.11. The second-order valence-electron chi connectivity index (χ2n) is 5.17. The fraction of sp³-hybridized carbons (Fsp3) is 0.267. The summed E-state index contributed by atoms with van der Waals surface area (Å²) in [4.78, 5) is 11.0. The third kappa shape index (κ3) is 3.40. The van der Waals surface area contributed by atoms with E-state index in [-0.39, 0.29) is 5.97 Å². The van der Waals surface area contributed by atoms with Crippen molar-refractivity contribution in [2.45, 2.75) is 26.6 Å². The molecule has 0 radical (unpaired) electrons. The van der Waals surface area contributed by atoms with Crippen LogP contribution in [0.15, 0.2) is 40.2 Å². The molecule has 0 aliphatic carbocycles. The maximum Gasteiger partial charge on any atom is 0.302 e. The lowest BCUT2D eigenvalue weighted by Crippen LogP contribution is -2.53. The Morgan fingerprint density at radius 2 is 1.95 bits per heavy atom. The molecule has 0 N–H and O–H groups in total. The monoisotopic (exact) mass is 368 g/mol. The van der Waals surface area contributed by atoms with E-state index in [0.717, 1.165) is 9.35 Å². The zero-order chi connectivity index (χ0) is 14.8. The molecule has 0 spiro atoms. The van der Waals surface area contributed by atoms with E-state index in [1.54, 1.807) is 11.3 Å². The molecular weight excluding hydrogens is 352 g/mol. The predicted molar refractivity (Wildman–Crippen MR) is 90.7 cm³/mol. The molecule has 0 unspecified atom stereocenters. The van der Waals surface area contributed by atoms with Crippen molar-refractivity contribution in [3.8, 4) is 0 Å². The number of esters is 1. The van der Waals surface area contributed by atoms with Gasteiger partial charge in [-0.3, -0.25) is 4.79 Å². The van der Waals surface area contributed by atoms with Crippen LogP contribution in [0.4, 0.5) is 0 Å². The van der Waals surface area contributed by atoms with Crippen molar-refractivity contribution in [2.24, 2.45) is 0 Å². The summed E-state index contributed by atoms with van der Waals surface area (Å²) < 4.78 is 7.76. The quantitative estimate of drug-likeness (QED) is 0.610. The Morgan fingerprint density at radius 3 is 2.55 bits per heavy atom. The van der Waals surface area contributed by atoms with Crippen LogP contribution < -0.4 is 9.69 Å². The van der Waals surface area contributed by atoms with Crippen LogP contribution >= 0.6 is 27.3 Å². The first-order valence-electron chi connectivity index (χ1n) is 6.39. The Hall–Kier alpha value is -0.913. The predicted octanol–water partition coefficient (Wildman–Crippen LogP) is 3.40. The number of benzene rings is 1. The average molecular weight is 369 g/mol. The molecule has 1 aromatic heterocycles. The molecule has 20 heavy (non-hydrogen) atoms. The number of thiophene rings is 1. The lowest BCUT2D eigenvalue weighted by atomic mass is 10.2. The first-order valence-corrected chi connectivity index (χ1v) is 11.0. The van der Waals surface area contributed by atoms with Crippen LogP contribution in [0.2, 0.25) is 13.1 Å². The molecule has 0 saturated heterocycles. The molecule has 1 heterocycles. The minimum absolute atomic E-state index is 0.238. The zero-order valence-electron chi connectivity index (χ0n) is 11.8. The standard InChI is InChI=1S/C15H17BrO2SSi/c1-11(17)18-10-12-6-4-5-7-13(12)20(2,3)15-9-8-14(16)19-15/h4-9H,10H2,1-3H3. The molecule has 0 bridgehead atoms. The van der Waals surface area contributed by atoms with Gasteiger partial charge in [0.05, 0.1) is 3.79 Å². The van der Waals surface area contributed by atoms with Crippen molar-refractivity contribution in [1.82, 2.24) is 0 Å².